The van der Waals surface area contributed by atoms with Gasteiger partial charge in [0.05, 0.1) is 18.0 Å². The zero-order valence-corrected chi connectivity index (χ0v) is 21.7. The molecule has 0 amide bonds. The summed E-state index contributed by atoms with van der Waals surface area (Å²) >= 11 is 0. The summed E-state index contributed by atoms with van der Waals surface area (Å²) in [6, 6.07) is 18.9. The van der Waals surface area contributed by atoms with Crippen LogP contribution in [0.4, 0.5) is 0 Å². The van der Waals surface area contributed by atoms with Crippen molar-refractivity contribution in [1.82, 2.24) is 20.6 Å². The van der Waals surface area contributed by atoms with Crippen molar-refractivity contribution in [3.63, 3.8) is 0 Å². The predicted molar refractivity (Wildman–Crippen MR) is 145 cm³/mol. The molecular formula is C26H34IN5O. The average molecular weight is 559 g/mol. The van der Waals surface area contributed by atoms with E-state index in [9.17, 15) is 0 Å². The number of aromatic nitrogens is 2. The molecule has 0 bridgehead atoms. The molecule has 3 aromatic rings. The molecule has 0 saturated carbocycles. The highest BCUT2D eigenvalue weighted by Gasteiger charge is 2.27. The van der Waals surface area contributed by atoms with Crippen LogP contribution in [0.25, 0.3) is 11.3 Å². The summed E-state index contributed by atoms with van der Waals surface area (Å²) in [6.07, 6.45) is 4.23. The molecule has 176 valence electrons. The van der Waals surface area contributed by atoms with Gasteiger partial charge < -0.3 is 20.4 Å². The molecule has 2 aromatic carbocycles. The zero-order valence-electron chi connectivity index (χ0n) is 19.4. The summed E-state index contributed by atoms with van der Waals surface area (Å²) in [6.45, 7) is 7.14. The first-order valence-electron chi connectivity index (χ1n) is 11.5. The Hall–Kier alpha value is -2.39. The fourth-order valence-corrected chi connectivity index (χ4v) is 4.11. The molecule has 2 heterocycles. The number of aliphatic imine (C=N–C) groups is 1. The number of aromatic amines is 1. The standard InChI is InChI=1S/C26H33N5O.HI/c1-3-27-26(30-18-24-28-17-23(31-24)20-8-5-4-6-9-20)29-16-22-10-7-15-32-25(22)21-13-11-19(2)12-14-21;/h4-6,8-9,11-14,17,22,25H,3,7,10,15-16,18H2,1-2H3,(H,28,31)(H2,27,29,30);1H. The van der Waals surface area contributed by atoms with Crippen LogP contribution in [0.5, 0.6) is 0 Å². The molecule has 0 aliphatic carbocycles. The molecule has 4 rings (SSSR count). The van der Waals surface area contributed by atoms with E-state index in [1.807, 2.05) is 24.4 Å². The summed E-state index contributed by atoms with van der Waals surface area (Å²) in [4.78, 5) is 12.6. The van der Waals surface area contributed by atoms with Crippen molar-refractivity contribution in [1.29, 1.82) is 0 Å². The molecule has 1 aliphatic rings. The van der Waals surface area contributed by atoms with E-state index in [1.165, 1.54) is 11.1 Å². The first kappa shape index (κ1) is 25.2. The minimum atomic E-state index is 0. The van der Waals surface area contributed by atoms with Gasteiger partial charge in [0, 0.05) is 25.6 Å². The second kappa shape index (κ2) is 12.7. The molecule has 33 heavy (non-hydrogen) atoms. The molecule has 3 N–H and O–H groups in total. The van der Waals surface area contributed by atoms with Gasteiger partial charge >= 0.3 is 0 Å². The summed E-state index contributed by atoms with van der Waals surface area (Å²) in [7, 11) is 0. The van der Waals surface area contributed by atoms with Crippen LogP contribution in [0.2, 0.25) is 0 Å². The van der Waals surface area contributed by atoms with Crippen LogP contribution in [-0.4, -0.2) is 35.6 Å². The van der Waals surface area contributed by atoms with Gasteiger partial charge in [0.1, 0.15) is 12.4 Å². The van der Waals surface area contributed by atoms with Gasteiger partial charge in [-0.05, 0) is 37.8 Å². The second-order valence-electron chi connectivity index (χ2n) is 8.29. The van der Waals surface area contributed by atoms with Gasteiger partial charge in [-0.2, -0.15) is 0 Å². The van der Waals surface area contributed by atoms with E-state index in [1.54, 1.807) is 0 Å². The van der Waals surface area contributed by atoms with Gasteiger partial charge in [-0.1, -0.05) is 60.2 Å². The van der Waals surface area contributed by atoms with Gasteiger partial charge in [-0.15, -0.1) is 24.0 Å². The van der Waals surface area contributed by atoms with E-state index in [4.69, 9.17) is 9.73 Å². The lowest BCUT2D eigenvalue weighted by Crippen LogP contribution is -2.42. The van der Waals surface area contributed by atoms with Gasteiger partial charge in [0.15, 0.2) is 5.96 Å². The minimum absolute atomic E-state index is 0. The minimum Gasteiger partial charge on any atom is -0.373 e. The monoisotopic (exact) mass is 559 g/mol. The molecule has 1 fully saturated rings. The number of nitrogens with one attached hydrogen (secondary N) is 3. The largest absolute Gasteiger partial charge is 0.373 e. The van der Waals surface area contributed by atoms with Gasteiger partial charge in [-0.3, -0.25) is 0 Å². The lowest BCUT2D eigenvalue weighted by Gasteiger charge is -2.32. The van der Waals surface area contributed by atoms with Crippen molar-refractivity contribution >= 4 is 29.9 Å². The van der Waals surface area contributed by atoms with E-state index in [0.717, 1.165) is 55.6 Å². The molecule has 0 spiro atoms. The lowest BCUT2D eigenvalue weighted by atomic mass is 9.89. The fraction of sp³-hybridized carbons (Fsp3) is 0.385. The van der Waals surface area contributed by atoms with E-state index in [2.05, 4.69) is 70.8 Å². The van der Waals surface area contributed by atoms with E-state index in [0.29, 0.717) is 12.5 Å². The molecule has 0 radical (unpaired) electrons. The summed E-state index contributed by atoms with van der Waals surface area (Å²) in [5.41, 5.74) is 4.66. The lowest BCUT2D eigenvalue weighted by molar-refractivity contribution is -0.0265. The second-order valence-corrected chi connectivity index (χ2v) is 8.29. The highest BCUT2D eigenvalue weighted by Crippen LogP contribution is 2.33. The Kier molecular flexibility index (Phi) is 9.75. The highest BCUT2D eigenvalue weighted by atomic mass is 127. The number of benzene rings is 2. The van der Waals surface area contributed by atoms with Crippen LogP contribution < -0.4 is 10.6 Å². The van der Waals surface area contributed by atoms with Crippen LogP contribution in [-0.2, 0) is 11.3 Å². The van der Waals surface area contributed by atoms with E-state index in [-0.39, 0.29) is 30.1 Å². The Morgan fingerprint density at radius 1 is 1.12 bits per heavy atom. The SMILES string of the molecule is CCNC(=NCc1ncc(-c2ccccc2)[nH]1)NCC1CCCOC1c1ccc(C)cc1.I. The number of ether oxygens (including phenoxy) is 1. The van der Waals surface area contributed by atoms with Crippen molar-refractivity contribution < 1.29 is 4.74 Å². The fourth-order valence-electron chi connectivity index (χ4n) is 4.11. The van der Waals surface area contributed by atoms with Crippen LogP contribution in [0.1, 0.15) is 42.8 Å². The number of nitrogens with zero attached hydrogens (tertiary/aromatic N) is 2. The van der Waals surface area contributed by atoms with Crippen molar-refractivity contribution in [3.8, 4) is 11.3 Å². The molecule has 7 heteroatoms. The van der Waals surface area contributed by atoms with Gasteiger partial charge in [-0.25, -0.2) is 9.98 Å². The first-order chi connectivity index (χ1) is 15.7. The van der Waals surface area contributed by atoms with Crippen LogP contribution >= 0.6 is 24.0 Å². The zero-order chi connectivity index (χ0) is 22.2. The van der Waals surface area contributed by atoms with Crippen LogP contribution in [0.3, 0.4) is 0 Å². The van der Waals surface area contributed by atoms with Crippen molar-refractivity contribution in [3.05, 3.63) is 77.7 Å². The number of H-pyrrole nitrogens is 1. The van der Waals surface area contributed by atoms with Crippen molar-refractivity contribution in [2.75, 3.05) is 19.7 Å². The normalized spacial score (nSPS) is 18.4. The predicted octanol–water partition coefficient (Wildman–Crippen LogP) is 5.23. The molecule has 1 saturated heterocycles. The number of hydrogen-bond acceptors (Lipinski definition) is 3. The molecule has 2 atom stereocenters. The number of imidazole rings is 1. The van der Waals surface area contributed by atoms with Gasteiger partial charge in [0.25, 0.3) is 0 Å². The maximum Gasteiger partial charge on any atom is 0.191 e. The average Bonchev–Trinajstić information content (AvgIpc) is 3.31. The van der Waals surface area contributed by atoms with Gasteiger partial charge in [0.2, 0.25) is 0 Å². The molecule has 1 aliphatic heterocycles. The number of halogens is 1. The number of hydrogen-bond donors (Lipinski definition) is 3. The third-order valence-corrected chi connectivity index (χ3v) is 5.83. The summed E-state index contributed by atoms with van der Waals surface area (Å²) < 4.78 is 6.17. The molecule has 2 unspecified atom stereocenters. The highest BCUT2D eigenvalue weighted by molar-refractivity contribution is 14.0. The molecular weight excluding hydrogens is 525 g/mol. The number of aryl methyl sites for hydroxylation is 1. The quantitative estimate of drug-likeness (QED) is 0.211. The van der Waals surface area contributed by atoms with Crippen molar-refractivity contribution in [2.45, 2.75) is 39.3 Å². The third-order valence-electron chi connectivity index (χ3n) is 5.83. The van der Waals surface area contributed by atoms with E-state index < -0.39 is 0 Å². The molecule has 1 aromatic heterocycles. The van der Waals surface area contributed by atoms with Crippen LogP contribution in [0, 0.1) is 12.8 Å². The Balaban J connectivity index is 0.00000306. The number of guanidine groups is 1. The smallest absolute Gasteiger partial charge is 0.191 e. The summed E-state index contributed by atoms with van der Waals surface area (Å²) in [5, 5.41) is 6.88. The Labute approximate surface area is 213 Å². The number of rotatable bonds is 7. The molecule has 6 nitrogen and oxygen atoms in total. The maximum absolute atomic E-state index is 6.17. The van der Waals surface area contributed by atoms with Crippen molar-refractivity contribution in [2.24, 2.45) is 10.9 Å². The Bertz CT molecular complexity index is 1000. The first-order valence-corrected chi connectivity index (χ1v) is 11.5. The van der Waals surface area contributed by atoms with Crippen LogP contribution in [0.15, 0.2) is 65.8 Å². The Morgan fingerprint density at radius 3 is 2.67 bits per heavy atom. The maximum atomic E-state index is 6.17. The van der Waals surface area contributed by atoms with E-state index >= 15 is 0 Å². The third kappa shape index (κ3) is 7.04. The summed E-state index contributed by atoms with van der Waals surface area (Å²) in [5.74, 6) is 2.06. The topological polar surface area (TPSA) is 74.3 Å². The Morgan fingerprint density at radius 2 is 1.91 bits per heavy atom.